The Morgan fingerprint density at radius 2 is 0.902 bits per heavy atom. The molecule has 0 aliphatic rings. The van der Waals surface area contributed by atoms with Gasteiger partial charge in [0.05, 0.1) is 29.9 Å². The van der Waals surface area contributed by atoms with Crippen molar-refractivity contribution < 1.29 is 39.6 Å². The van der Waals surface area contributed by atoms with Crippen LogP contribution in [0.1, 0.15) is 33.8 Å². The molecule has 0 fully saturated rings. The molecular formula is C53H61Br2N11O9S6Sn. The van der Waals surface area contributed by atoms with Crippen molar-refractivity contribution in [3.8, 4) is 11.3 Å². The molecule has 3 aromatic carbocycles. The van der Waals surface area contributed by atoms with Crippen LogP contribution >= 0.6 is 65.9 Å². The Balaban J connectivity index is 0.000000213. The molecule has 436 valence electrons. The number of thiazole rings is 3. The molecule has 5 heterocycles. The van der Waals surface area contributed by atoms with E-state index in [2.05, 4.69) is 88.5 Å². The van der Waals surface area contributed by atoms with E-state index in [1.165, 1.54) is 25.3 Å². The van der Waals surface area contributed by atoms with Gasteiger partial charge in [-0.25, -0.2) is 41.6 Å². The van der Waals surface area contributed by atoms with Crippen LogP contribution in [0.5, 0.6) is 0 Å². The molecule has 0 radical (unpaired) electrons. The first kappa shape index (κ1) is 67.5. The summed E-state index contributed by atoms with van der Waals surface area (Å²) >= 11 is 7.21. The predicted octanol–water partition coefficient (Wildman–Crippen LogP) is 8.39. The summed E-state index contributed by atoms with van der Waals surface area (Å²) in [6, 6.07) is 34.7. The molecule has 5 N–H and O–H groups in total. The first-order chi connectivity index (χ1) is 38.3. The topological polar surface area (TPSA) is 292 Å². The summed E-state index contributed by atoms with van der Waals surface area (Å²) in [4.78, 5) is 69.2. The summed E-state index contributed by atoms with van der Waals surface area (Å²) in [7, 11) is -5.15. The number of nitrogens with one attached hydrogen (secondary N) is 1. The number of anilines is 3. The minimum absolute atomic E-state index is 0.0100. The van der Waals surface area contributed by atoms with Crippen LogP contribution in [-0.2, 0) is 63.7 Å². The van der Waals surface area contributed by atoms with Crippen LogP contribution in [0.4, 0.5) is 15.4 Å². The Kier molecular flexibility index (Phi) is 24.3. The molecule has 3 amide bonds. The number of nitrogens with two attached hydrogens (primary N) is 2. The number of benzene rings is 3. The summed E-state index contributed by atoms with van der Waals surface area (Å²) in [5, 5.41) is 11.3. The molecule has 20 nitrogen and oxygen atoms in total. The van der Waals surface area contributed by atoms with Crippen LogP contribution in [0.2, 0.25) is 14.8 Å². The summed E-state index contributed by atoms with van der Waals surface area (Å²) in [6.07, 6.45) is 4.10. The van der Waals surface area contributed by atoms with Crippen LogP contribution in [0.15, 0.2) is 143 Å². The number of aryl methyl sites for hydroxylation is 3. The molecule has 8 aromatic rings. The first-order valence-electron chi connectivity index (χ1n) is 24.4. The van der Waals surface area contributed by atoms with Gasteiger partial charge in [0.2, 0.25) is 21.8 Å². The zero-order valence-corrected chi connectivity index (χ0v) is 57.2. The van der Waals surface area contributed by atoms with E-state index in [0.29, 0.717) is 32.5 Å². The summed E-state index contributed by atoms with van der Waals surface area (Å²) in [6.45, 7) is 4.72. The second kappa shape index (κ2) is 29.5. The average Bonchev–Trinajstić information content (AvgIpc) is 4.35. The standard InChI is InChI=1S/C19H20N4O3S2.C13H14BrN3O3S2.C13H14N3O3S2.C5H4BrN.3CH3.Sn/c1-13-18(28(25,26)20-2)27-19(22-13)23(3)17(24)12-14-7-9-15(10-8-14)16-6-4-5-11-21-16;1-8-12(22(15,19)20)21-13(16-8)17(2)11(18)7-9-3-5-10(14)6-4-9;1-9-12(21(14,18)19)20-13(15-9)16(2)11(17)8-10-6-4-3-5-7-10;6-5-3-1-2-4-7-5;;;;/h4-11,20H,12H2,1-3H3;3-6H,7H2,1-2H3,(H2,15,19,20);4-7H,8H2,1-2H3,(H2,14,18,19);1-4H;3*1H3;. The molecule has 0 aliphatic heterocycles. The predicted molar refractivity (Wildman–Crippen MR) is 336 cm³/mol. The fraction of sp³-hybridized carbons (Fsp3) is 0.245. The van der Waals surface area contributed by atoms with Crippen molar-refractivity contribution in [2.45, 2.75) is 67.5 Å². The van der Waals surface area contributed by atoms with Gasteiger partial charge >= 0.3 is 158 Å². The molecule has 8 rings (SSSR count). The molecule has 0 saturated carbocycles. The van der Waals surface area contributed by atoms with Gasteiger partial charge in [-0.2, -0.15) is 0 Å². The first-order valence-corrected chi connectivity index (χ1v) is 43.0. The van der Waals surface area contributed by atoms with E-state index in [1.807, 2.05) is 97.1 Å². The number of carbonyl (C=O) groups is 3. The van der Waals surface area contributed by atoms with E-state index in [1.54, 1.807) is 54.3 Å². The van der Waals surface area contributed by atoms with Crippen molar-refractivity contribution in [2.24, 2.45) is 10.3 Å². The summed E-state index contributed by atoms with van der Waals surface area (Å²) < 4.78 is 75.5. The van der Waals surface area contributed by atoms with E-state index in [9.17, 15) is 39.6 Å². The molecule has 0 aliphatic carbocycles. The Morgan fingerprint density at radius 3 is 1.22 bits per heavy atom. The van der Waals surface area contributed by atoms with Crippen LogP contribution in [0.3, 0.4) is 0 Å². The number of amides is 3. The Morgan fingerprint density at radius 1 is 0.537 bits per heavy atom. The SMILES string of the molecule is Brc1ccccn1.CNS(=O)(=O)c1sc(N(C)C(=O)Cc2ccc(-c3ccccn3)cc2)nc1C.Cc1nc(N(C)C(=O)Cc2cc[c]([Sn]([CH3])([CH3])[CH3])cc2)sc1S(N)(=O)=O.Cc1nc(N(C)C(=O)Cc2ccc(Br)cc2)sc1S(N)(=O)=O. The van der Waals surface area contributed by atoms with Crippen LogP contribution in [0, 0.1) is 20.8 Å². The number of halogens is 2. The molecule has 0 saturated heterocycles. The normalized spacial score (nSPS) is 11.4. The summed E-state index contributed by atoms with van der Waals surface area (Å²) in [5.74, 6) is -0.508. The maximum atomic E-state index is 12.6. The number of likely N-dealkylation sites (N-methyl/N-ethyl adjacent to an activating group) is 3. The van der Waals surface area contributed by atoms with E-state index >= 15 is 0 Å². The minimum atomic E-state index is -3.83. The van der Waals surface area contributed by atoms with Gasteiger partial charge in [0, 0.05) is 36.5 Å². The smallest absolute Gasteiger partial charge is 0.291 e. The quantitative estimate of drug-likeness (QED) is 0.0642. The van der Waals surface area contributed by atoms with Gasteiger partial charge in [-0.1, -0.05) is 87.1 Å². The van der Waals surface area contributed by atoms with Crippen LogP contribution in [0.25, 0.3) is 11.3 Å². The zero-order chi connectivity index (χ0) is 60.9. The minimum Gasteiger partial charge on any atom is -0.291 e. The number of hydrogen-bond acceptors (Lipinski definition) is 17. The number of carbonyl (C=O) groups excluding carboxylic acids is 3. The van der Waals surface area contributed by atoms with Crippen molar-refractivity contribution in [1.82, 2.24) is 29.6 Å². The monoisotopic (exact) mass is 1470 g/mol. The third-order valence-electron chi connectivity index (χ3n) is 11.6. The summed E-state index contributed by atoms with van der Waals surface area (Å²) in [5.41, 5.74) is 5.46. The maximum absolute atomic E-state index is 12.6. The van der Waals surface area contributed by atoms with Crippen molar-refractivity contribution in [3.63, 3.8) is 0 Å². The molecule has 0 atom stereocenters. The number of hydrogen-bond donors (Lipinski definition) is 3. The van der Waals surface area contributed by atoms with Gasteiger partial charge in [0.1, 0.15) is 4.60 Å². The Hall–Kier alpha value is -5.25. The molecule has 0 spiro atoms. The number of nitrogens with zero attached hydrogens (tertiary/aromatic N) is 8. The van der Waals surface area contributed by atoms with Crippen molar-refractivity contribution >= 4 is 151 Å². The fourth-order valence-corrected chi connectivity index (χ4v) is 17.0. The third-order valence-corrected chi connectivity index (χ3v) is 27.3. The Labute approximate surface area is 511 Å². The zero-order valence-electron chi connectivity index (χ0n) is 46.3. The fourth-order valence-electron chi connectivity index (χ4n) is 7.00. The number of sulfonamides is 3. The van der Waals surface area contributed by atoms with Crippen molar-refractivity contribution in [1.29, 1.82) is 0 Å². The van der Waals surface area contributed by atoms with E-state index < -0.39 is 48.4 Å². The van der Waals surface area contributed by atoms with E-state index in [0.717, 1.165) is 71.0 Å². The van der Waals surface area contributed by atoms with E-state index in [4.69, 9.17) is 10.3 Å². The molecule has 5 aromatic heterocycles. The second-order valence-corrected chi connectivity index (χ2v) is 43.7. The molecule has 82 heavy (non-hydrogen) atoms. The number of pyridine rings is 2. The van der Waals surface area contributed by atoms with Gasteiger partial charge in [0.25, 0.3) is 10.0 Å². The van der Waals surface area contributed by atoms with Crippen molar-refractivity contribution in [3.05, 3.63) is 164 Å². The van der Waals surface area contributed by atoms with Gasteiger partial charge in [-0.3, -0.25) is 24.4 Å². The Bertz CT molecular complexity index is 3830. The third kappa shape index (κ3) is 19.7. The number of primary sulfonamides is 2. The molecular weight excluding hydrogens is 1410 g/mol. The van der Waals surface area contributed by atoms with Gasteiger partial charge in [0.15, 0.2) is 18.7 Å². The van der Waals surface area contributed by atoms with Crippen LogP contribution < -0.4 is 33.3 Å². The molecule has 0 unspecified atom stereocenters. The number of aromatic nitrogens is 5. The number of rotatable bonds is 15. The molecule has 29 heteroatoms. The van der Waals surface area contributed by atoms with Crippen molar-refractivity contribution in [2.75, 3.05) is 42.9 Å². The van der Waals surface area contributed by atoms with E-state index in [-0.39, 0.29) is 49.6 Å². The molecule has 0 bridgehead atoms. The van der Waals surface area contributed by atoms with Gasteiger partial charge < -0.3 is 0 Å². The van der Waals surface area contributed by atoms with Gasteiger partial charge in [-0.05, 0) is 84.4 Å². The van der Waals surface area contributed by atoms with Gasteiger partial charge in [-0.15, -0.1) is 0 Å². The van der Waals surface area contributed by atoms with Crippen LogP contribution in [-0.4, -0.2) is 114 Å². The second-order valence-electron chi connectivity index (χ2n) is 18.9. The average molecular weight is 1470 g/mol.